The number of ether oxygens (including phenoxy) is 2. The first kappa shape index (κ1) is 19.6. The second kappa shape index (κ2) is 9.67. The molecule has 0 aromatic heterocycles. The van der Waals surface area contributed by atoms with Gasteiger partial charge in [0.15, 0.2) is 6.61 Å². The predicted octanol–water partition coefficient (Wildman–Crippen LogP) is 4.25. The van der Waals surface area contributed by atoms with E-state index in [1.165, 1.54) is 30.3 Å². The summed E-state index contributed by atoms with van der Waals surface area (Å²) in [6.45, 7) is -3.33. The molecule has 8 heteroatoms. The molecule has 1 N–H and O–H groups in total. The van der Waals surface area contributed by atoms with Crippen LogP contribution in [0, 0.1) is 0 Å². The number of carbonyl (C=O) groups excluding carboxylic acids is 2. The summed E-state index contributed by atoms with van der Waals surface area (Å²) in [5, 5.41) is 2.60. The van der Waals surface area contributed by atoms with Crippen LogP contribution >= 0.6 is 15.9 Å². The number of benzene rings is 2. The van der Waals surface area contributed by atoms with Crippen LogP contribution in [0.2, 0.25) is 0 Å². The molecule has 0 fully saturated rings. The normalized spacial score (nSPS) is 10.8. The summed E-state index contributed by atoms with van der Waals surface area (Å²) in [5.41, 5.74) is 1.15. The molecule has 0 unspecified atom stereocenters. The van der Waals surface area contributed by atoms with Gasteiger partial charge < -0.3 is 14.8 Å². The van der Waals surface area contributed by atoms with E-state index in [1.54, 1.807) is 24.3 Å². The Kier molecular flexibility index (Phi) is 7.28. The van der Waals surface area contributed by atoms with Crippen LogP contribution in [0.3, 0.4) is 0 Å². The molecule has 0 aliphatic carbocycles. The number of hydrogen-bond donors (Lipinski definition) is 1. The van der Waals surface area contributed by atoms with Crippen LogP contribution < -0.4 is 10.1 Å². The van der Waals surface area contributed by atoms with Crippen molar-refractivity contribution in [3.8, 4) is 5.75 Å². The van der Waals surface area contributed by atoms with Crippen LogP contribution in [-0.4, -0.2) is 25.1 Å². The number of halogens is 3. The summed E-state index contributed by atoms with van der Waals surface area (Å²) in [6, 6.07) is 12.7. The third-order valence-corrected chi connectivity index (χ3v) is 3.70. The van der Waals surface area contributed by atoms with Gasteiger partial charge in [0.1, 0.15) is 5.75 Å². The second-order valence-corrected chi connectivity index (χ2v) is 5.77. The highest BCUT2D eigenvalue weighted by molar-refractivity contribution is 9.10. The Morgan fingerprint density at radius 1 is 1.12 bits per heavy atom. The molecule has 0 saturated carbocycles. The van der Waals surface area contributed by atoms with E-state index in [2.05, 4.69) is 26.0 Å². The number of nitrogens with one attached hydrogen (secondary N) is 1. The lowest BCUT2D eigenvalue weighted by molar-refractivity contribution is -0.142. The SMILES string of the molecule is O=C(COC(=O)/C=C/c1ccc(OC(F)F)cc1)Nc1ccccc1Br. The zero-order chi connectivity index (χ0) is 18.9. The molecule has 1 amide bonds. The van der Waals surface area contributed by atoms with Crippen molar-refractivity contribution in [2.24, 2.45) is 0 Å². The average molecular weight is 426 g/mol. The third-order valence-electron chi connectivity index (χ3n) is 3.01. The van der Waals surface area contributed by atoms with E-state index in [0.717, 1.165) is 6.08 Å². The number of carbonyl (C=O) groups is 2. The smallest absolute Gasteiger partial charge is 0.387 e. The average Bonchev–Trinajstić information content (AvgIpc) is 2.61. The molecule has 0 saturated heterocycles. The third kappa shape index (κ3) is 6.64. The maximum Gasteiger partial charge on any atom is 0.387 e. The van der Waals surface area contributed by atoms with Gasteiger partial charge in [-0.3, -0.25) is 4.79 Å². The second-order valence-electron chi connectivity index (χ2n) is 4.92. The maximum absolute atomic E-state index is 12.1. The van der Waals surface area contributed by atoms with Crippen LogP contribution in [0.1, 0.15) is 5.56 Å². The van der Waals surface area contributed by atoms with Crippen molar-refractivity contribution in [3.63, 3.8) is 0 Å². The van der Waals surface area contributed by atoms with Crippen molar-refractivity contribution < 1.29 is 27.8 Å². The molecule has 0 radical (unpaired) electrons. The van der Waals surface area contributed by atoms with Crippen molar-refractivity contribution in [2.45, 2.75) is 6.61 Å². The van der Waals surface area contributed by atoms with E-state index in [1.807, 2.05) is 0 Å². The molecule has 0 spiro atoms. The Balaban J connectivity index is 1.80. The molecular weight excluding hydrogens is 412 g/mol. The standard InChI is InChI=1S/C18H14BrF2NO4/c19-14-3-1-2-4-15(14)22-16(23)11-25-17(24)10-7-12-5-8-13(9-6-12)26-18(20)21/h1-10,18H,11H2,(H,22,23)/b10-7+. The summed E-state index contributed by atoms with van der Waals surface area (Å²) in [5.74, 6) is -1.17. The minimum absolute atomic E-state index is 0.0171. The fraction of sp³-hybridized carbons (Fsp3) is 0.111. The lowest BCUT2D eigenvalue weighted by atomic mass is 10.2. The fourth-order valence-electron chi connectivity index (χ4n) is 1.86. The van der Waals surface area contributed by atoms with Crippen molar-refractivity contribution in [1.29, 1.82) is 0 Å². The van der Waals surface area contributed by atoms with Gasteiger partial charge in [-0.15, -0.1) is 0 Å². The molecule has 2 rings (SSSR count). The van der Waals surface area contributed by atoms with Crippen LogP contribution in [0.4, 0.5) is 14.5 Å². The van der Waals surface area contributed by atoms with Gasteiger partial charge in [-0.2, -0.15) is 8.78 Å². The molecule has 0 heterocycles. The van der Waals surface area contributed by atoms with Gasteiger partial charge in [0.2, 0.25) is 0 Å². The first-order chi connectivity index (χ1) is 12.4. The lowest BCUT2D eigenvalue weighted by Crippen LogP contribution is -2.20. The van der Waals surface area contributed by atoms with Gasteiger partial charge in [0, 0.05) is 10.5 Å². The number of hydrogen-bond acceptors (Lipinski definition) is 4. The minimum atomic E-state index is -2.89. The quantitative estimate of drug-likeness (QED) is 0.532. The van der Waals surface area contributed by atoms with E-state index in [-0.39, 0.29) is 5.75 Å². The Morgan fingerprint density at radius 2 is 1.81 bits per heavy atom. The predicted molar refractivity (Wildman–Crippen MR) is 95.8 cm³/mol. The Hall–Kier alpha value is -2.74. The molecule has 26 heavy (non-hydrogen) atoms. The van der Waals surface area contributed by atoms with Crippen LogP contribution in [-0.2, 0) is 14.3 Å². The molecule has 136 valence electrons. The van der Waals surface area contributed by atoms with Crippen LogP contribution in [0.15, 0.2) is 59.1 Å². The zero-order valence-electron chi connectivity index (χ0n) is 13.3. The van der Waals surface area contributed by atoms with E-state index in [0.29, 0.717) is 15.7 Å². The largest absolute Gasteiger partial charge is 0.452 e. The topological polar surface area (TPSA) is 64.6 Å². The number of anilines is 1. The Labute approximate surface area is 156 Å². The molecule has 2 aromatic carbocycles. The molecule has 0 bridgehead atoms. The zero-order valence-corrected chi connectivity index (χ0v) is 14.9. The highest BCUT2D eigenvalue weighted by Crippen LogP contribution is 2.21. The lowest BCUT2D eigenvalue weighted by Gasteiger charge is -2.07. The van der Waals surface area contributed by atoms with Crippen LogP contribution in [0.25, 0.3) is 6.08 Å². The van der Waals surface area contributed by atoms with E-state index >= 15 is 0 Å². The van der Waals surface area contributed by atoms with E-state index in [4.69, 9.17) is 4.74 Å². The molecule has 0 aliphatic heterocycles. The first-order valence-corrected chi connectivity index (χ1v) is 8.17. The summed E-state index contributed by atoms with van der Waals surface area (Å²) < 4.78 is 33.9. The van der Waals surface area contributed by atoms with Crippen molar-refractivity contribution in [2.75, 3.05) is 11.9 Å². The van der Waals surface area contributed by atoms with Gasteiger partial charge in [0.25, 0.3) is 5.91 Å². The number of alkyl halides is 2. The molecule has 5 nitrogen and oxygen atoms in total. The minimum Gasteiger partial charge on any atom is -0.452 e. The van der Waals surface area contributed by atoms with Gasteiger partial charge in [-0.1, -0.05) is 24.3 Å². The highest BCUT2D eigenvalue weighted by atomic mass is 79.9. The summed E-state index contributed by atoms with van der Waals surface area (Å²) in [7, 11) is 0. The number of para-hydroxylation sites is 1. The number of esters is 1. The summed E-state index contributed by atoms with van der Waals surface area (Å²) in [6.07, 6.45) is 2.56. The summed E-state index contributed by atoms with van der Waals surface area (Å²) >= 11 is 3.29. The molecule has 0 aliphatic rings. The van der Waals surface area contributed by atoms with E-state index < -0.39 is 25.1 Å². The van der Waals surface area contributed by atoms with Crippen LogP contribution in [0.5, 0.6) is 5.75 Å². The fourth-order valence-corrected chi connectivity index (χ4v) is 2.24. The van der Waals surface area contributed by atoms with E-state index in [9.17, 15) is 18.4 Å². The molecular formula is C18H14BrF2NO4. The molecule has 0 atom stereocenters. The Bertz CT molecular complexity index is 794. The monoisotopic (exact) mass is 425 g/mol. The number of amides is 1. The Morgan fingerprint density at radius 3 is 2.46 bits per heavy atom. The highest BCUT2D eigenvalue weighted by Gasteiger charge is 2.07. The van der Waals surface area contributed by atoms with Gasteiger partial charge >= 0.3 is 12.6 Å². The summed E-state index contributed by atoms with van der Waals surface area (Å²) in [4.78, 5) is 23.4. The van der Waals surface area contributed by atoms with Crippen molar-refractivity contribution in [3.05, 3.63) is 64.6 Å². The number of rotatable bonds is 7. The van der Waals surface area contributed by atoms with Gasteiger partial charge in [-0.25, -0.2) is 4.79 Å². The van der Waals surface area contributed by atoms with Gasteiger partial charge in [-0.05, 0) is 51.8 Å². The van der Waals surface area contributed by atoms with Crippen molar-refractivity contribution >= 4 is 39.6 Å². The first-order valence-electron chi connectivity index (χ1n) is 7.38. The van der Waals surface area contributed by atoms with Gasteiger partial charge in [0.05, 0.1) is 5.69 Å². The molecule has 2 aromatic rings. The maximum atomic E-state index is 12.1. The van der Waals surface area contributed by atoms with Crippen molar-refractivity contribution in [1.82, 2.24) is 0 Å².